The molecule has 0 N–H and O–H groups in total. The molecule has 0 heterocycles. The van der Waals surface area contributed by atoms with Gasteiger partial charge in [0.05, 0.1) is 10.1 Å². The van der Waals surface area contributed by atoms with Crippen molar-refractivity contribution in [1.29, 1.82) is 0 Å². The average Bonchev–Trinajstić information content (AvgIpc) is 2.44. The van der Waals surface area contributed by atoms with Gasteiger partial charge in [0, 0.05) is 17.9 Å². The Bertz CT molecular complexity index is 906. The number of hydrogen-bond donors (Lipinski definition) is 0. The van der Waals surface area contributed by atoms with Gasteiger partial charge in [-0.3, -0.25) is 8.42 Å². The first kappa shape index (κ1) is 34.4. The first-order chi connectivity index (χ1) is 12.0. The Hall–Kier alpha value is 0.766. The van der Waals surface area contributed by atoms with Crippen LogP contribution in [0.5, 0.6) is 0 Å². The molecular weight excluding hydrogens is 531 g/mol. The van der Waals surface area contributed by atoms with Crippen LogP contribution < -0.4 is 51.4 Å². The van der Waals surface area contributed by atoms with E-state index in [0.29, 0.717) is 4.31 Å². The monoisotopic (exact) mass is 545 g/mol. The fraction of sp³-hybridized carbons (Fsp3) is 0.857. The number of halogens is 6. The van der Waals surface area contributed by atoms with Gasteiger partial charge in [-0.05, 0) is 28.2 Å². The van der Waals surface area contributed by atoms with Crippen molar-refractivity contribution >= 4 is 48.0 Å². The number of rotatable bonds is 6. The summed E-state index contributed by atoms with van der Waals surface area (Å²) in [7, 11) is -11.2. The van der Waals surface area contributed by atoms with Gasteiger partial charge < -0.3 is 4.13 Å². The Balaban J connectivity index is -0.000000572. The molecule has 0 radical (unpaired) electrons. The van der Waals surface area contributed by atoms with Crippen molar-refractivity contribution in [2.24, 2.45) is 8.17 Å². The van der Waals surface area contributed by atoms with E-state index in [2.05, 4.69) is 14.6 Å². The van der Waals surface area contributed by atoms with E-state index in [1.54, 1.807) is 0 Å². The molecule has 0 fully saturated rings. The topological polar surface area (TPSA) is 148 Å². The Morgan fingerprint density at radius 2 is 1.21 bits per heavy atom. The van der Waals surface area contributed by atoms with E-state index in [-0.39, 0.29) is 51.4 Å². The van der Waals surface area contributed by atoms with Crippen LogP contribution in [-0.4, -0.2) is 79.8 Å². The molecule has 0 rings (SSSR count). The second-order valence-corrected chi connectivity index (χ2v) is 11.6. The van der Waals surface area contributed by atoms with Gasteiger partial charge in [0.2, 0.25) is 0 Å². The molecule has 11 nitrogen and oxygen atoms in total. The molecule has 0 aliphatic heterocycles. The predicted octanol–water partition coefficient (Wildman–Crippen LogP) is -2.25. The van der Waals surface area contributed by atoms with Gasteiger partial charge in [0.15, 0.2) is 0 Å². The van der Waals surface area contributed by atoms with Gasteiger partial charge in [-0.15, -0.1) is 3.77 Å². The molecule has 2 atom stereocenters. The van der Waals surface area contributed by atoms with Crippen LogP contribution in [0.1, 0.15) is 0 Å². The summed E-state index contributed by atoms with van der Waals surface area (Å²) < 4.78 is 143. The third-order valence-corrected chi connectivity index (χ3v) is 7.83. The maximum Gasteiger partial charge on any atom is 1.00 e. The van der Waals surface area contributed by atoms with E-state index in [1.165, 1.54) is 14.1 Å². The van der Waals surface area contributed by atoms with Crippen molar-refractivity contribution < 1.29 is 103 Å². The van der Waals surface area contributed by atoms with E-state index in [4.69, 9.17) is 0 Å². The summed E-state index contributed by atoms with van der Waals surface area (Å²) in [5, 5.41) is 0. The molecule has 2 unspecified atom stereocenters. The van der Waals surface area contributed by atoms with Crippen molar-refractivity contribution in [1.82, 2.24) is 8.61 Å². The Morgan fingerprint density at radius 1 is 0.862 bits per heavy atom. The number of hydrogen-bond acceptors (Lipinski definition) is 6. The van der Waals surface area contributed by atoms with Crippen LogP contribution in [0.4, 0.5) is 26.3 Å². The molecule has 170 valence electrons. The molecule has 0 aliphatic carbocycles. The minimum atomic E-state index is -6.01. The zero-order valence-electron chi connectivity index (χ0n) is 15.3. The summed E-state index contributed by atoms with van der Waals surface area (Å²) in [6, 6.07) is 0. The largest absolute Gasteiger partial charge is 1.00 e. The number of nitrogens with zero attached hydrogens (tertiary/aromatic N) is 5. The molecule has 0 aliphatic rings. The SMILES string of the molecule is C=NS(=O)(=O)C(F)(F)F.CN(C)S(=O)[N-]S(=O)(=NS(=O)(=O)C(F)(F)F)N(C)C.[K+]. The van der Waals surface area contributed by atoms with Crippen molar-refractivity contribution in [2.75, 3.05) is 28.2 Å². The summed E-state index contributed by atoms with van der Waals surface area (Å²) in [4.78, 5) is 0. The van der Waals surface area contributed by atoms with E-state index in [0.717, 1.165) is 18.4 Å². The van der Waals surface area contributed by atoms with E-state index in [9.17, 15) is 51.6 Å². The fourth-order valence-corrected chi connectivity index (χ4v) is 4.67. The van der Waals surface area contributed by atoms with Crippen LogP contribution in [0.3, 0.4) is 0 Å². The average molecular weight is 546 g/mol. The van der Waals surface area contributed by atoms with Crippen molar-refractivity contribution in [3.8, 4) is 0 Å². The van der Waals surface area contributed by atoms with Crippen LogP contribution in [-0.2, 0) is 41.3 Å². The van der Waals surface area contributed by atoms with Crippen molar-refractivity contribution in [3.63, 3.8) is 0 Å². The van der Waals surface area contributed by atoms with Crippen LogP contribution in [0.15, 0.2) is 8.17 Å². The Kier molecular flexibility index (Phi) is 14.4. The molecule has 0 aromatic heterocycles. The van der Waals surface area contributed by atoms with Crippen LogP contribution in [0.25, 0.3) is 4.13 Å². The summed E-state index contributed by atoms with van der Waals surface area (Å²) in [6.45, 7) is 2.24. The maximum atomic E-state index is 12.2. The fourth-order valence-electron chi connectivity index (χ4n) is 0.540. The van der Waals surface area contributed by atoms with Crippen LogP contribution in [0, 0.1) is 0 Å². The molecule has 0 amide bonds. The molecule has 0 spiro atoms. The third-order valence-electron chi connectivity index (χ3n) is 1.90. The molecule has 0 saturated heterocycles. The van der Waals surface area contributed by atoms with Gasteiger partial charge in [-0.25, -0.2) is 8.61 Å². The van der Waals surface area contributed by atoms with E-state index in [1.807, 2.05) is 4.40 Å². The summed E-state index contributed by atoms with van der Waals surface area (Å²) in [5.41, 5.74) is -11.0. The predicted molar refractivity (Wildman–Crippen MR) is 88.9 cm³/mol. The first-order valence-corrected chi connectivity index (χ1v) is 11.3. The van der Waals surface area contributed by atoms with Crippen LogP contribution in [0.2, 0.25) is 0 Å². The van der Waals surface area contributed by atoms with Gasteiger partial charge in [-0.1, -0.05) is 0 Å². The zero-order valence-corrected chi connectivity index (χ0v) is 21.7. The maximum absolute atomic E-state index is 12.2. The van der Waals surface area contributed by atoms with Crippen LogP contribution >= 0.6 is 0 Å². The normalized spacial score (nSPS) is 16.1. The zero-order chi connectivity index (χ0) is 23.4. The third kappa shape index (κ3) is 11.3. The molecule has 29 heavy (non-hydrogen) atoms. The molecule has 0 aromatic rings. The standard InChI is InChI=1S/C5H12F3N4O4S3.C2H2F3NO2S.K/c1-11(2)17(13)9-19(16,12(3)4)10-18(14,15)5(6,7)8;1-6-9(7,8)2(3,4)5;/h1-4H3;1H2;/q-1;;+1. The van der Waals surface area contributed by atoms with Crippen molar-refractivity contribution in [3.05, 3.63) is 4.13 Å². The Labute approximate surface area is 209 Å². The first-order valence-electron chi connectivity index (χ1n) is 5.93. The van der Waals surface area contributed by atoms with E-state index >= 15 is 0 Å². The Morgan fingerprint density at radius 3 is 1.38 bits per heavy atom. The van der Waals surface area contributed by atoms with Gasteiger partial charge in [-0.2, -0.15) is 47.6 Å². The van der Waals surface area contributed by atoms with E-state index < -0.39 is 52.3 Å². The van der Waals surface area contributed by atoms with Crippen molar-refractivity contribution in [2.45, 2.75) is 11.0 Å². The number of sulfonamides is 2. The quantitative estimate of drug-likeness (QED) is 0.209. The minimum Gasteiger partial charge on any atom is -0.453 e. The molecule has 0 saturated carbocycles. The van der Waals surface area contributed by atoms with Gasteiger partial charge >= 0.3 is 82.4 Å². The van der Waals surface area contributed by atoms with Gasteiger partial charge in [0.1, 0.15) is 0 Å². The summed E-state index contributed by atoms with van der Waals surface area (Å²) in [6.07, 6.45) is 0. The molecule has 22 heteroatoms. The smallest absolute Gasteiger partial charge is 0.453 e. The minimum absolute atomic E-state index is 0. The number of alkyl halides is 6. The summed E-state index contributed by atoms with van der Waals surface area (Å²) in [5.74, 6) is 0. The van der Waals surface area contributed by atoms with Gasteiger partial charge in [0.25, 0.3) is 0 Å². The molecular formula is C7H14F6KN5O6S4. The molecule has 0 bridgehead atoms. The second kappa shape index (κ2) is 12.1. The second-order valence-electron chi connectivity index (χ2n) is 4.44. The summed E-state index contributed by atoms with van der Waals surface area (Å²) >= 11 is -2.31. The molecule has 0 aromatic carbocycles.